The van der Waals surface area contributed by atoms with E-state index in [0.29, 0.717) is 17.5 Å². The lowest BCUT2D eigenvalue weighted by atomic mass is 9.89. The molecule has 0 radical (unpaired) electrons. The molecule has 0 bridgehead atoms. The van der Waals surface area contributed by atoms with Crippen LogP contribution in [0.3, 0.4) is 0 Å². The molecule has 70 heavy (non-hydrogen) atoms. The van der Waals surface area contributed by atoms with Crippen molar-refractivity contribution in [2.24, 2.45) is 0 Å². The highest BCUT2D eigenvalue weighted by Crippen LogP contribution is 2.46. The van der Waals surface area contributed by atoms with Crippen LogP contribution in [0.2, 0.25) is 0 Å². The molecule has 0 N–H and O–H groups in total. The Hall–Kier alpha value is -9.52. The fraction of sp³-hybridized carbons (Fsp3) is 0. The Morgan fingerprint density at radius 1 is 0.300 bits per heavy atom. The fourth-order valence-electron chi connectivity index (χ4n) is 10.4. The third kappa shape index (κ3) is 6.49. The van der Waals surface area contributed by atoms with Crippen LogP contribution in [0.4, 0.5) is 0 Å². The zero-order valence-electron chi connectivity index (χ0n) is 37.7. The van der Waals surface area contributed by atoms with Crippen molar-refractivity contribution in [2.45, 2.75) is 0 Å². The average Bonchev–Trinajstić information content (AvgIpc) is 3.98. The lowest BCUT2D eigenvalue weighted by Crippen LogP contribution is -2.01. The van der Waals surface area contributed by atoms with Gasteiger partial charge in [-0.05, 0) is 65.2 Å². The van der Waals surface area contributed by atoms with E-state index in [-0.39, 0.29) is 0 Å². The summed E-state index contributed by atoms with van der Waals surface area (Å²) >= 11 is 0. The molecule has 0 amide bonds. The molecular weight excluding hydrogens is 855 g/mol. The summed E-state index contributed by atoms with van der Waals surface area (Å²) in [5.41, 5.74) is 15.0. The van der Waals surface area contributed by atoms with Gasteiger partial charge in [0, 0.05) is 71.2 Å². The zero-order chi connectivity index (χ0) is 46.1. The summed E-state index contributed by atoms with van der Waals surface area (Å²) < 4.78 is 8.94. The van der Waals surface area contributed by atoms with Gasteiger partial charge >= 0.3 is 0 Å². The third-order valence-electron chi connectivity index (χ3n) is 13.6. The van der Waals surface area contributed by atoms with Crippen molar-refractivity contribution in [1.82, 2.24) is 24.5 Å². The van der Waals surface area contributed by atoms with E-state index in [4.69, 9.17) is 24.4 Å². The zero-order valence-corrected chi connectivity index (χ0v) is 37.7. The number of benzene rings is 10. The monoisotopic (exact) mass is 893 g/mol. The fourth-order valence-corrected chi connectivity index (χ4v) is 10.4. The summed E-state index contributed by atoms with van der Waals surface area (Å²) in [6, 6.07) is 82.6. The minimum atomic E-state index is 0.600. The van der Waals surface area contributed by atoms with Crippen molar-refractivity contribution < 1.29 is 4.42 Å². The first-order valence-electron chi connectivity index (χ1n) is 23.5. The molecule has 6 nitrogen and oxygen atoms in total. The van der Waals surface area contributed by atoms with E-state index in [1.54, 1.807) is 0 Å². The minimum Gasteiger partial charge on any atom is -0.456 e. The van der Waals surface area contributed by atoms with E-state index >= 15 is 0 Å². The first-order valence-corrected chi connectivity index (χ1v) is 23.5. The normalized spacial score (nSPS) is 11.7. The number of hydrogen-bond donors (Lipinski definition) is 0. The highest BCUT2D eigenvalue weighted by Gasteiger charge is 2.22. The van der Waals surface area contributed by atoms with Crippen molar-refractivity contribution in [2.75, 3.05) is 0 Å². The number of hydrogen-bond acceptors (Lipinski definition) is 5. The molecule has 14 aromatic rings. The average molecular weight is 894 g/mol. The molecule has 6 heteroatoms. The molecule has 0 aliphatic rings. The second-order valence-electron chi connectivity index (χ2n) is 17.7. The Morgan fingerprint density at radius 3 is 1.54 bits per heavy atom. The van der Waals surface area contributed by atoms with Crippen molar-refractivity contribution in [3.05, 3.63) is 237 Å². The molecular formula is C64H39N5O. The number of fused-ring (bicyclic) bond motifs is 9. The largest absolute Gasteiger partial charge is 0.456 e. The van der Waals surface area contributed by atoms with Crippen LogP contribution in [-0.4, -0.2) is 24.5 Å². The maximum atomic E-state index is 6.62. The molecule has 326 valence electrons. The standard InChI is InChI=1S/C64H39N5O/c1-3-17-41(18-4-1)58-59-50-27-7-11-29-53(50)65-61(52(59)39-57-60(58)51-28-10-14-32-56(51)70-57)42-35-33-40(34-36-42)44-21-15-22-45(37-44)63-66-62(43-19-5-2-6-20-43)67-64(68-63)46-23-16-24-47(38-46)69-54-30-12-8-25-48(54)49-26-9-13-31-55(49)69/h1-39H. The van der Waals surface area contributed by atoms with Crippen LogP contribution in [0.1, 0.15) is 0 Å². The second kappa shape index (κ2) is 16.1. The van der Waals surface area contributed by atoms with Crippen LogP contribution >= 0.6 is 0 Å². The summed E-state index contributed by atoms with van der Waals surface area (Å²) in [4.78, 5) is 20.8. The molecule has 0 saturated carbocycles. The summed E-state index contributed by atoms with van der Waals surface area (Å²) in [5.74, 6) is 1.82. The Kier molecular flexibility index (Phi) is 9.10. The SMILES string of the molecule is c1ccc(-c2nc(-c3cccc(-c4ccc(-c5nc6ccccc6c6c(-c7ccccc7)c7c(cc56)oc5ccccc57)cc4)c3)nc(-c3cccc(-n4c5ccccc5c5ccccc54)c3)n2)cc1. The first-order chi connectivity index (χ1) is 34.7. The van der Waals surface area contributed by atoms with Gasteiger partial charge in [0.15, 0.2) is 17.5 Å². The maximum Gasteiger partial charge on any atom is 0.164 e. The smallest absolute Gasteiger partial charge is 0.164 e. The van der Waals surface area contributed by atoms with E-state index in [1.165, 1.54) is 10.8 Å². The summed E-state index contributed by atoms with van der Waals surface area (Å²) in [5, 5.41) is 7.95. The molecule has 0 spiro atoms. The van der Waals surface area contributed by atoms with Crippen LogP contribution in [0, 0.1) is 0 Å². The number of para-hydroxylation sites is 4. The number of aromatic nitrogens is 5. The highest BCUT2D eigenvalue weighted by molar-refractivity contribution is 6.27. The molecule has 0 unspecified atom stereocenters. The molecule has 14 rings (SSSR count). The molecule has 0 fully saturated rings. The second-order valence-corrected chi connectivity index (χ2v) is 17.7. The predicted molar refractivity (Wildman–Crippen MR) is 287 cm³/mol. The molecule has 4 heterocycles. The van der Waals surface area contributed by atoms with Gasteiger partial charge in [-0.2, -0.15) is 0 Å². The summed E-state index contributed by atoms with van der Waals surface area (Å²) in [6.07, 6.45) is 0. The van der Waals surface area contributed by atoms with Gasteiger partial charge in [0.25, 0.3) is 0 Å². The Bertz CT molecular complexity index is 4290. The number of pyridine rings is 1. The van der Waals surface area contributed by atoms with E-state index < -0.39 is 0 Å². The summed E-state index contributed by atoms with van der Waals surface area (Å²) in [6.45, 7) is 0. The number of nitrogens with zero attached hydrogens (tertiary/aromatic N) is 5. The maximum absolute atomic E-state index is 6.62. The van der Waals surface area contributed by atoms with E-state index in [9.17, 15) is 0 Å². The molecule has 10 aromatic carbocycles. The van der Waals surface area contributed by atoms with Crippen LogP contribution in [-0.2, 0) is 0 Å². The van der Waals surface area contributed by atoms with Gasteiger partial charge in [0.2, 0.25) is 0 Å². The molecule has 0 saturated heterocycles. The van der Waals surface area contributed by atoms with Gasteiger partial charge < -0.3 is 8.98 Å². The van der Waals surface area contributed by atoms with Gasteiger partial charge in [0.05, 0.1) is 22.2 Å². The molecule has 0 aliphatic heterocycles. The van der Waals surface area contributed by atoms with Crippen molar-refractivity contribution >= 4 is 65.4 Å². The topological polar surface area (TPSA) is 69.6 Å². The summed E-state index contributed by atoms with van der Waals surface area (Å²) in [7, 11) is 0. The Balaban J connectivity index is 0.880. The molecule has 4 aromatic heterocycles. The van der Waals surface area contributed by atoms with Crippen molar-refractivity contribution in [1.29, 1.82) is 0 Å². The van der Waals surface area contributed by atoms with Crippen molar-refractivity contribution in [3.63, 3.8) is 0 Å². The van der Waals surface area contributed by atoms with E-state index in [2.05, 4.69) is 205 Å². The predicted octanol–water partition coefficient (Wildman–Crippen LogP) is 16.6. The van der Waals surface area contributed by atoms with E-state index in [0.717, 1.165) is 111 Å². The van der Waals surface area contributed by atoms with Gasteiger partial charge in [0.1, 0.15) is 11.2 Å². The number of rotatable bonds is 7. The Morgan fingerprint density at radius 2 is 0.829 bits per heavy atom. The van der Waals surface area contributed by atoms with Crippen LogP contribution in [0.25, 0.3) is 139 Å². The van der Waals surface area contributed by atoms with Crippen LogP contribution in [0.15, 0.2) is 241 Å². The number of furan rings is 1. The van der Waals surface area contributed by atoms with Gasteiger partial charge in [-0.1, -0.05) is 188 Å². The molecule has 0 aliphatic carbocycles. The Labute approximate surface area is 402 Å². The van der Waals surface area contributed by atoms with Gasteiger partial charge in [-0.25, -0.2) is 19.9 Å². The van der Waals surface area contributed by atoms with Crippen LogP contribution < -0.4 is 0 Å². The van der Waals surface area contributed by atoms with E-state index in [1.807, 2.05) is 36.4 Å². The quantitative estimate of drug-likeness (QED) is 0.149. The van der Waals surface area contributed by atoms with Crippen molar-refractivity contribution in [3.8, 4) is 73.4 Å². The van der Waals surface area contributed by atoms with Crippen LogP contribution in [0.5, 0.6) is 0 Å². The van der Waals surface area contributed by atoms with Gasteiger partial charge in [-0.15, -0.1) is 0 Å². The highest BCUT2D eigenvalue weighted by atomic mass is 16.3. The molecule has 0 atom stereocenters. The lowest BCUT2D eigenvalue weighted by Gasteiger charge is -2.16. The minimum absolute atomic E-state index is 0.600. The third-order valence-corrected chi connectivity index (χ3v) is 13.6. The lowest BCUT2D eigenvalue weighted by molar-refractivity contribution is 0.669. The first kappa shape index (κ1) is 39.6. The van der Waals surface area contributed by atoms with Gasteiger partial charge in [-0.3, -0.25) is 0 Å².